The summed E-state index contributed by atoms with van der Waals surface area (Å²) in [6.45, 7) is 0. The van der Waals surface area contributed by atoms with Gasteiger partial charge in [0.15, 0.2) is 5.78 Å². The van der Waals surface area contributed by atoms with Gasteiger partial charge in [0.1, 0.15) is 25.7 Å². The molecule has 0 spiro atoms. The molecule has 0 saturated carbocycles. The smallest absolute Gasteiger partial charge is 0.202 e. The number of allylic oxidation sites excluding steroid dienone is 7. The predicted molar refractivity (Wildman–Crippen MR) is 95.1 cm³/mol. The zero-order valence-electron chi connectivity index (χ0n) is 14.9. The number of nitrogens with zero attached hydrogens (tertiary/aromatic N) is 2. The number of Topliss-reactive ketones (excluding diaryl/α,β-unsaturated/α-hetero) is 1. The minimum atomic E-state index is -0.657. The SMILES string of the molecule is CN(C)c1ccc(C2=C([O-])/C(=C3\C=CC(=[N+](C)C)C=C3F)C2=O)c(F)c1. The molecule has 2 aliphatic carbocycles. The van der Waals surface area contributed by atoms with E-state index in [0.717, 1.165) is 0 Å². The van der Waals surface area contributed by atoms with Crippen LogP contribution in [-0.4, -0.2) is 44.3 Å². The van der Waals surface area contributed by atoms with Gasteiger partial charge in [-0.25, -0.2) is 13.4 Å². The Hall–Kier alpha value is -3.02. The van der Waals surface area contributed by atoms with E-state index >= 15 is 0 Å². The van der Waals surface area contributed by atoms with Crippen LogP contribution in [0, 0.1) is 5.82 Å². The highest BCUT2D eigenvalue weighted by atomic mass is 19.1. The zero-order chi connectivity index (χ0) is 19.2. The van der Waals surface area contributed by atoms with Crippen LogP contribution < -0.4 is 10.0 Å². The summed E-state index contributed by atoms with van der Waals surface area (Å²) in [6.07, 6.45) is 4.28. The molecule has 0 bridgehead atoms. The maximum absolute atomic E-state index is 14.3. The van der Waals surface area contributed by atoms with Gasteiger partial charge < -0.3 is 10.0 Å². The van der Waals surface area contributed by atoms with Gasteiger partial charge in [-0.3, -0.25) is 4.79 Å². The summed E-state index contributed by atoms with van der Waals surface area (Å²) in [5, 5.41) is 12.5. The summed E-state index contributed by atoms with van der Waals surface area (Å²) in [4.78, 5) is 14.2. The predicted octanol–water partition coefficient (Wildman–Crippen LogP) is 1.98. The first kappa shape index (κ1) is 17.8. The van der Waals surface area contributed by atoms with Crippen LogP contribution in [0.2, 0.25) is 0 Å². The summed E-state index contributed by atoms with van der Waals surface area (Å²) < 4.78 is 30.4. The maximum Gasteiger partial charge on any atom is 0.202 e. The number of ketones is 1. The number of hydrogen-bond acceptors (Lipinski definition) is 3. The molecule has 6 heteroatoms. The summed E-state index contributed by atoms with van der Waals surface area (Å²) in [5.41, 5.74) is 0.637. The fourth-order valence-electron chi connectivity index (χ4n) is 2.85. The van der Waals surface area contributed by atoms with Crippen LogP contribution in [0.4, 0.5) is 14.5 Å². The van der Waals surface area contributed by atoms with E-state index in [0.29, 0.717) is 11.4 Å². The lowest BCUT2D eigenvalue weighted by Crippen LogP contribution is -2.31. The van der Waals surface area contributed by atoms with Crippen molar-refractivity contribution in [3.05, 3.63) is 70.5 Å². The van der Waals surface area contributed by atoms with Crippen molar-refractivity contribution in [1.29, 1.82) is 0 Å². The van der Waals surface area contributed by atoms with Gasteiger partial charge in [-0.2, -0.15) is 0 Å². The van der Waals surface area contributed by atoms with E-state index in [-0.39, 0.29) is 22.3 Å². The Balaban J connectivity index is 2.06. The fourth-order valence-corrected chi connectivity index (χ4v) is 2.85. The van der Waals surface area contributed by atoms with Gasteiger partial charge in [-0.1, -0.05) is 5.76 Å². The largest absolute Gasteiger partial charge is 0.871 e. The number of carbonyl (C=O) groups excluding carboxylic acids is 1. The molecule has 0 unspecified atom stereocenters. The van der Waals surface area contributed by atoms with E-state index in [4.69, 9.17) is 0 Å². The number of benzene rings is 1. The molecule has 3 rings (SSSR count). The van der Waals surface area contributed by atoms with E-state index in [2.05, 4.69) is 0 Å². The summed E-state index contributed by atoms with van der Waals surface area (Å²) >= 11 is 0. The highest BCUT2D eigenvalue weighted by molar-refractivity contribution is 6.39. The molecule has 0 N–H and O–H groups in total. The van der Waals surface area contributed by atoms with Gasteiger partial charge in [0.2, 0.25) is 5.71 Å². The molecule has 1 aromatic carbocycles. The average Bonchev–Trinajstić information content (AvgIpc) is 2.58. The molecule has 0 aliphatic heterocycles. The molecular formula is C20H18F2N2O2. The third kappa shape index (κ3) is 2.77. The molecule has 4 nitrogen and oxygen atoms in total. The summed E-state index contributed by atoms with van der Waals surface area (Å²) in [7, 11) is 7.03. The van der Waals surface area contributed by atoms with Gasteiger partial charge in [-0.15, -0.1) is 0 Å². The van der Waals surface area contributed by atoms with Crippen LogP contribution in [0.3, 0.4) is 0 Å². The van der Waals surface area contributed by atoms with Gasteiger partial charge in [0.05, 0.1) is 0 Å². The molecule has 0 amide bonds. The molecule has 1 aromatic rings. The second kappa shape index (κ2) is 6.37. The molecule has 2 aliphatic rings. The lowest BCUT2D eigenvalue weighted by atomic mass is 9.79. The van der Waals surface area contributed by atoms with E-state index in [1.54, 1.807) is 49.8 Å². The van der Waals surface area contributed by atoms with Crippen molar-refractivity contribution in [2.24, 2.45) is 0 Å². The van der Waals surface area contributed by atoms with Crippen molar-refractivity contribution in [2.45, 2.75) is 0 Å². The molecular weight excluding hydrogens is 338 g/mol. The van der Waals surface area contributed by atoms with E-state index in [1.165, 1.54) is 24.3 Å². The van der Waals surface area contributed by atoms with Crippen molar-refractivity contribution < 1.29 is 23.3 Å². The fraction of sp³-hybridized carbons (Fsp3) is 0.200. The number of anilines is 1. The molecule has 0 fully saturated rings. The molecule has 0 aromatic heterocycles. The van der Waals surface area contributed by atoms with Crippen LogP contribution in [0.15, 0.2) is 59.2 Å². The van der Waals surface area contributed by atoms with Gasteiger partial charge in [-0.05, 0) is 24.3 Å². The average molecular weight is 356 g/mol. The third-order valence-electron chi connectivity index (χ3n) is 4.39. The van der Waals surface area contributed by atoms with Gasteiger partial charge in [0.25, 0.3) is 0 Å². The second-order valence-corrected chi connectivity index (χ2v) is 6.53. The normalized spacial score (nSPS) is 19.5. The molecule has 134 valence electrons. The highest BCUT2D eigenvalue weighted by Crippen LogP contribution is 2.40. The first-order chi connectivity index (χ1) is 12.2. The number of carbonyl (C=O) groups is 1. The zero-order valence-corrected chi connectivity index (χ0v) is 14.9. The van der Waals surface area contributed by atoms with Crippen LogP contribution >= 0.6 is 0 Å². The van der Waals surface area contributed by atoms with Crippen molar-refractivity contribution >= 4 is 22.8 Å². The Labute approximate surface area is 150 Å². The Kier molecular flexibility index (Phi) is 4.36. The number of rotatable bonds is 2. The second-order valence-electron chi connectivity index (χ2n) is 6.53. The first-order valence-electron chi connectivity index (χ1n) is 8.00. The monoisotopic (exact) mass is 356 g/mol. The van der Waals surface area contributed by atoms with E-state index in [9.17, 15) is 18.7 Å². The highest BCUT2D eigenvalue weighted by Gasteiger charge is 2.34. The first-order valence-corrected chi connectivity index (χ1v) is 8.00. The Morgan fingerprint density at radius 1 is 1.08 bits per heavy atom. The van der Waals surface area contributed by atoms with E-state index in [1.807, 2.05) is 0 Å². The summed E-state index contributed by atoms with van der Waals surface area (Å²) in [6, 6.07) is 4.28. The standard InChI is InChI=1S/C20H18F2N2O2/c1-23(2)11-5-7-13(15(21)9-11)17-19(25)18(20(17)26)14-8-6-12(24(3)4)10-16(14)22/h5-10H,1-4H3. The molecule has 0 heterocycles. The third-order valence-corrected chi connectivity index (χ3v) is 4.39. The minimum absolute atomic E-state index is 0.0559. The van der Waals surface area contributed by atoms with Crippen LogP contribution in [0.5, 0.6) is 0 Å². The maximum atomic E-state index is 14.3. The van der Waals surface area contributed by atoms with Crippen LogP contribution in [0.25, 0.3) is 5.57 Å². The van der Waals surface area contributed by atoms with Gasteiger partial charge >= 0.3 is 0 Å². The number of halogens is 2. The Morgan fingerprint density at radius 2 is 1.77 bits per heavy atom. The quantitative estimate of drug-likeness (QED) is 0.601. The topological polar surface area (TPSA) is 46.4 Å². The van der Waals surface area contributed by atoms with Crippen molar-refractivity contribution in [3.63, 3.8) is 0 Å². The molecule has 0 radical (unpaired) electrons. The molecule has 0 atom stereocenters. The van der Waals surface area contributed by atoms with Gasteiger partial charge in [0, 0.05) is 54.2 Å². The lowest BCUT2D eigenvalue weighted by molar-refractivity contribution is -0.462. The Bertz CT molecular complexity index is 976. The molecule has 26 heavy (non-hydrogen) atoms. The minimum Gasteiger partial charge on any atom is -0.871 e. The van der Waals surface area contributed by atoms with E-state index < -0.39 is 23.2 Å². The lowest BCUT2D eigenvalue weighted by Gasteiger charge is -2.32. The molecule has 0 saturated heterocycles. The Morgan fingerprint density at radius 3 is 2.27 bits per heavy atom. The summed E-state index contributed by atoms with van der Waals surface area (Å²) in [5.74, 6) is -2.59. The van der Waals surface area contributed by atoms with Crippen molar-refractivity contribution in [3.8, 4) is 0 Å². The van der Waals surface area contributed by atoms with Crippen LogP contribution in [-0.2, 0) is 4.79 Å². The van der Waals surface area contributed by atoms with Crippen LogP contribution in [0.1, 0.15) is 5.56 Å². The van der Waals surface area contributed by atoms with Crippen molar-refractivity contribution in [1.82, 2.24) is 0 Å². The van der Waals surface area contributed by atoms with Crippen molar-refractivity contribution in [2.75, 3.05) is 33.1 Å². The number of hydrogen-bond donors (Lipinski definition) is 0.